The summed E-state index contributed by atoms with van der Waals surface area (Å²) < 4.78 is 6.48. The summed E-state index contributed by atoms with van der Waals surface area (Å²) in [5, 5.41) is 22.0. The number of rotatable bonds is 6. The Kier molecular flexibility index (Phi) is 5.90. The predicted molar refractivity (Wildman–Crippen MR) is 106 cm³/mol. The number of hydrogen-bond acceptors (Lipinski definition) is 5. The van der Waals surface area contributed by atoms with Crippen LogP contribution >= 0.6 is 11.3 Å². The fourth-order valence-corrected chi connectivity index (χ4v) is 3.59. The van der Waals surface area contributed by atoms with Crippen molar-refractivity contribution in [3.63, 3.8) is 0 Å². The van der Waals surface area contributed by atoms with Crippen molar-refractivity contribution >= 4 is 27.4 Å². The maximum Gasteiger partial charge on any atom is 0.191 e. The molecule has 2 heterocycles. The van der Waals surface area contributed by atoms with Gasteiger partial charge in [0.25, 0.3) is 0 Å². The number of hydrogen-bond donors (Lipinski definition) is 3. The van der Waals surface area contributed by atoms with Crippen molar-refractivity contribution < 1.29 is 9.63 Å². The number of thiophene rings is 1. The van der Waals surface area contributed by atoms with E-state index < -0.39 is 6.10 Å². The van der Waals surface area contributed by atoms with Gasteiger partial charge in [0.1, 0.15) is 6.10 Å². The lowest BCUT2D eigenvalue weighted by molar-refractivity contribution is 0.184. The van der Waals surface area contributed by atoms with E-state index in [0.29, 0.717) is 25.0 Å². The second-order valence-electron chi connectivity index (χ2n) is 6.38. The van der Waals surface area contributed by atoms with Crippen LogP contribution < -0.4 is 10.6 Å². The fourth-order valence-electron chi connectivity index (χ4n) is 2.54. The second kappa shape index (κ2) is 8.33. The minimum absolute atomic E-state index is 0.335. The average molecular weight is 372 g/mol. The first-order valence-corrected chi connectivity index (χ1v) is 9.45. The Bertz CT molecular complexity index is 851. The van der Waals surface area contributed by atoms with Crippen LogP contribution in [-0.2, 0) is 6.54 Å². The second-order valence-corrected chi connectivity index (χ2v) is 7.50. The van der Waals surface area contributed by atoms with Crippen LogP contribution in [-0.4, -0.2) is 29.8 Å². The van der Waals surface area contributed by atoms with Gasteiger partial charge in [0.05, 0.1) is 12.2 Å². The number of aliphatic hydroxyl groups is 1. The van der Waals surface area contributed by atoms with Gasteiger partial charge in [-0.05, 0) is 23.4 Å². The largest absolute Gasteiger partial charge is 0.386 e. The third-order valence-electron chi connectivity index (χ3n) is 4.06. The standard InChI is InChI=1S/C19H24N4O2S/c1-12(2)15-9-14(25-23-15)10-21-19(20-3)22-11-16(24)18-8-13-6-4-5-7-17(13)26-18/h4-9,12,16,24H,10-11H2,1-3H3,(H2,20,21,22). The molecule has 0 fully saturated rings. The molecule has 0 aliphatic rings. The van der Waals surface area contributed by atoms with Crippen LogP contribution in [0.1, 0.15) is 42.2 Å². The van der Waals surface area contributed by atoms with Gasteiger partial charge >= 0.3 is 0 Å². The maximum atomic E-state index is 10.5. The SMILES string of the molecule is CN=C(NCc1cc(C(C)C)no1)NCC(O)c1cc2ccccc2s1. The van der Waals surface area contributed by atoms with Crippen molar-refractivity contribution in [2.24, 2.45) is 4.99 Å². The molecule has 0 spiro atoms. The summed E-state index contributed by atoms with van der Waals surface area (Å²) in [5.41, 5.74) is 0.935. The van der Waals surface area contributed by atoms with Crippen molar-refractivity contribution in [1.29, 1.82) is 0 Å². The molecule has 26 heavy (non-hydrogen) atoms. The summed E-state index contributed by atoms with van der Waals surface area (Å²) in [6.45, 7) is 5.01. The first kappa shape index (κ1) is 18.4. The Morgan fingerprint density at radius 1 is 1.27 bits per heavy atom. The quantitative estimate of drug-likeness (QED) is 0.456. The monoisotopic (exact) mass is 372 g/mol. The van der Waals surface area contributed by atoms with Gasteiger partial charge in [-0.25, -0.2) is 0 Å². The summed E-state index contributed by atoms with van der Waals surface area (Å²) in [6, 6.07) is 12.1. The van der Waals surface area contributed by atoms with Crippen molar-refractivity contribution in [2.75, 3.05) is 13.6 Å². The molecule has 7 heteroatoms. The van der Waals surface area contributed by atoms with E-state index >= 15 is 0 Å². The number of aliphatic imine (C=N–C) groups is 1. The molecule has 1 aromatic carbocycles. The van der Waals surface area contributed by atoms with Crippen molar-refractivity contribution in [1.82, 2.24) is 15.8 Å². The highest BCUT2D eigenvalue weighted by molar-refractivity contribution is 7.19. The van der Waals surface area contributed by atoms with Crippen molar-refractivity contribution in [3.8, 4) is 0 Å². The Morgan fingerprint density at radius 2 is 2.08 bits per heavy atom. The van der Waals surface area contributed by atoms with Gasteiger partial charge in [-0.1, -0.05) is 37.2 Å². The van der Waals surface area contributed by atoms with Crippen molar-refractivity contribution in [3.05, 3.63) is 52.7 Å². The minimum atomic E-state index is -0.594. The Morgan fingerprint density at radius 3 is 2.77 bits per heavy atom. The van der Waals surface area contributed by atoms with Crippen LogP contribution in [0.4, 0.5) is 0 Å². The molecule has 0 saturated carbocycles. The Hall–Kier alpha value is -2.38. The van der Waals surface area contributed by atoms with Crippen LogP contribution in [0.2, 0.25) is 0 Å². The molecule has 0 saturated heterocycles. The van der Waals surface area contributed by atoms with Crippen LogP contribution in [0.15, 0.2) is 45.9 Å². The van der Waals surface area contributed by atoms with Gasteiger partial charge in [-0.3, -0.25) is 4.99 Å². The van der Waals surface area contributed by atoms with E-state index in [1.54, 1.807) is 18.4 Å². The molecule has 3 N–H and O–H groups in total. The molecular weight excluding hydrogens is 348 g/mol. The van der Waals surface area contributed by atoms with E-state index in [0.717, 1.165) is 21.7 Å². The lowest BCUT2D eigenvalue weighted by atomic mass is 10.1. The molecule has 138 valence electrons. The summed E-state index contributed by atoms with van der Waals surface area (Å²) in [6.07, 6.45) is -0.594. The molecule has 0 bridgehead atoms. The van der Waals surface area contributed by atoms with E-state index in [4.69, 9.17) is 4.52 Å². The number of fused-ring (bicyclic) bond motifs is 1. The van der Waals surface area contributed by atoms with Gasteiger partial charge in [0.15, 0.2) is 11.7 Å². The normalized spacial score (nSPS) is 13.3. The van der Waals surface area contributed by atoms with Gasteiger partial charge in [-0.2, -0.15) is 0 Å². The Balaban J connectivity index is 1.53. The molecule has 0 radical (unpaired) electrons. The number of nitrogens with zero attached hydrogens (tertiary/aromatic N) is 2. The van der Waals surface area contributed by atoms with E-state index in [-0.39, 0.29) is 0 Å². The van der Waals surface area contributed by atoms with E-state index in [2.05, 4.69) is 46.8 Å². The fraction of sp³-hybridized carbons (Fsp3) is 0.368. The summed E-state index contributed by atoms with van der Waals surface area (Å²) in [4.78, 5) is 5.11. The lowest BCUT2D eigenvalue weighted by Gasteiger charge is -2.13. The molecule has 1 unspecified atom stereocenters. The minimum Gasteiger partial charge on any atom is -0.386 e. The van der Waals surface area contributed by atoms with Gasteiger partial charge in [0.2, 0.25) is 0 Å². The summed E-state index contributed by atoms with van der Waals surface area (Å²) >= 11 is 1.61. The highest BCUT2D eigenvalue weighted by Gasteiger charge is 2.13. The maximum absolute atomic E-state index is 10.5. The van der Waals surface area contributed by atoms with Crippen LogP contribution in [0.5, 0.6) is 0 Å². The molecular formula is C19H24N4O2S. The molecule has 6 nitrogen and oxygen atoms in total. The van der Waals surface area contributed by atoms with Gasteiger partial charge in [0, 0.05) is 29.2 Å². The lowest BCUT2D eigenvalue weighted by Crippen LogP contribution is -2.38. The van der Waals surface area contributed by atoms with E-state index in [1.165, 1.54) is 4.70 Å². The number of benzene rings is 1. The molecule has 0 aliphatic heterocycles. The van der Waals surface area contributed by atoms with Crippen molar-refractivity contribution in [2.45, 2.75) is 32.4 Å². The number of nitrogens with one attached hydrogen (secondary N) is 2. The third-order valence-corrected chi connectivity index (χ3v) is 5.28. The molecule has 0 aliphatic carbocycles. The average Bonchev–Trinajstić information content (AvgIpc) is 3.28. The zero-order valence-corrected chi connectivity index (χ0v) is 16.0. The highest BCUT2D eigenvalue weighted by atomic mass is 32.1. The van der Waals surface area contributed by atoms with Gasteiger partial charge < -0.3 is 20.3 Å². The molecule has 0 amide bonds. The first-order valence-electron chi connectivity index (χ1n) is 8.63. The first-order chi connectivity index (χ1) is 12.6. The molecule has 3 aromatic rings. The molecule has 2 aromatic heterocycles. The number of aromatic nitrogens is 1. The van der Waals surface area contributed by atoms with Crippen LogP contribution in [0.3, 0.4) is 0 Å². The van der Waals surface area contributed by atoms with E-state index in [9.17, 15) is 5.11 Å². The zero-order valence-electron chi connectivity index (χ0n) is 15.2. The van der Waals surface area contributed by atoms with E-state index in [1.807, 2.05) is 24.3 Å². The Labute approximate surface area is 156 Å². The molecule has 3 rings (SSSR count). The smallest absolute Gasteiger partial charge is 0.191 e. The number of guanidine groups is 1. The van der Waals surface area contributed by atoms with Gasteiger partial charge in [-0.15, -0.1) is 11.3 Å². The number of aliphatic hydroxyl groups excluding tert-OH is 1. The zero-order chi connectivity index (χ0) is 18.5. The highest BCUT2D eigenvalue weighted by Crippen LogP contribution is 2.29. The predicted octanol–water partition coefficient (Wildman–Crippen LogP) is 3.41. The van der Waals surface area contributed by atoms with Crippen LogP contribution in [0.25, 0.3) is 10.1 Å². The summed E-state index contributed by atoms with van der Waals surface area (Å²) in [7, 11) is 1.70. The summed E-state index contributed by atoms with van der Waals surface area (Å²) in [5.74, 6) is 1.69. The topological polar surface area (TPSA) is 82.7 Å². The van der Waals surface area contributed by atoms with Crippen LogP contribution in [0, 0.1) is 0 Å². The third kappa shape index (κ3) is 4.42. The molecule has 1 atom stereocenters.